The van der Waals surface area contributed by atoms with Gasteiger partial charge in [0.05, 0.1) is 13.2 Å². The van der Waals surface area contributed by atoms with E-state index in [-0.39, 0.29) is 12.2 Å². The molecule has 0 saturated carbocycles. The summed E-state index contributed by atoms with van der Waals surface area (Å²) in [5, 5.41) is 0. The van der Waals surface area contributed by atoms with E-state index in [2.05, 4.69) is 0 Å². The third-order valence-electron chi connectivity index (χ3n) is 5.59. The Kier molecular flexibility index (Phi) is 6.49. The first kappa shape index (κ1) is 20.8. The number of fused-ring (bicyclic) bond motifs is 1. The molecule has 0 spiro atoms. The van der Waals surface area contributed by atoms with Crippen molar-refractivity contribution in [2.24, 2.45) is 0 Å². The van der Waals surface area contributed by atoms with Crippen LogP contribution in [0.3, 0.4) is 0 Å². The Morgan fingerprint density at radius 1 is 0.750 bits per heavy atom. The number of benzene rings is 3. The molecule has 5 heteroatoms. The maximum Gasteiger partial charge on any atom is 0.184 e. The van der Waals surface area contributed by atoms with Gasteiger partial charge in [0.1, 0.15) is 25.1 Å². The van der Waals surface area contributed by atoms with Gasteiger partial charge >= 0.3 is 0 Å². The van der Waals surface area contributed by atoms with E-state index in [1.807, 2.05) is 91.0 Å². The van der Waals surface area contributed by atoms with E-state index in [4.69, 9.17) is 23.7 Å². The molecule has 0 aromatic heterocycles. The highest BCUT2D eigenvalue weighted by atomic mass is 16.7. The topological polar surface area (TPSA) is 46.2 Å². The molecule has 4 atom stereocenters. The van der Waals surface area contributed by atoms with Crippen LogP contribution in [0.15, 0.2) is 103 Å². The van der Waals surface area contributed by atoms with Crippen molar-refractivity contribution in [1.29, 1.82) is 0 Å². The molecule has 5 nitrogen and oxygen atoms in total. The summed E-state index contributed by atoms with van der Waals surface area (Å²) in [5.41, 5.74) is 3.13. The van der Waals surface area contributed by atoms with Crippen LogP contribution in [0.5, 0.6) is 0 Å². The van der Waals surface area contributed by atoms with Crippen LogP contribution in [0.2, 0.25) is 0 Å². The highest BCUT2D eigenvalue weighted by molar-refractivity contribution is 5.19. The zero-order valence-corrected chi connectivity index (χ0v) is 17.7. The smallest absolute Gasteiger partial charge is 0.184 e. The third kappa shape index (κ3) is 4.86. The van der Waals surface area contributed by atoms with Gasteiger partial charge in [0.2, 0.25) is 0 Å². The lowest BCUT2D eigenvalue weighted by atomic mass is 10.0. The minimum atomic E-state index is -0.475. The van der Waals surface area contributed by atoms with Crippen LogP contribution in [0, 0.1) is 0 Å². The number of hydrogen-bond acceptors (Lipinski definition) is 5. The van der Waals surface area contributed by atoms with Crippen molar-refractivity contribution in [3.05, 3.63) is 120 Å². The second-order valence-corrected chi connectivity index (χ2v) is 7.86. The minimum absolute atomic E-state index is 0.264. The molecule has 2 heterocycles. The van der Waals surface area contributed by atoms with Gasteiger partial charge in [-0.2, -0.15) is 0 Å². The number of ether oxygens (including phenoxy) is 5. The van der Waals surface area contributed by atoms with Gasteiger partial charge in [-0.25, -0.2) is 0 Å². The number of rotatable bonds is 7. The van der Waals surface area contributed by atoms with Crippen LogP contribution in [0.25, 0.3) is 0 Å². The Morgan fingerprint density at radius 2 is 1.38 bits per heavy atom. The third-order valence-corrected chi connectivity index (χ3v) is 5.59. The standard InChI is InChI=1S/C27H26O5/c1-4-10-20(11-5-1)16-28-23-18-29-24-19-31-27(22-14-8-3-9-15-22)32-26(24)25(23)30-17-21-12-6-2-7-13-21/h1-15,18,24-27H,16-17,19H2/t24-,25-,26-,27?/m1/s1. The van der Waals surface area contributed by atoms with Gasteiger partial charge in [0, 0.05) is 5.56 Å². The van der Waals surface area contributed by atoms with Gasteiger partial charge in [-0.3, -0.25) is 0 Å². The largest absolute Gasteiger partial charge is 0.489 e. The highest BCUT2D eigenvalue weighted by Gasteiger charge is 2.45. The van der Waals surface area contributed by atoms with E-state index in [1.54, 1.807) is 6.26 Å². The molecule has 0 bridgehead atoms. The first-order chi connectivity index (χ1) is 15.9. The average molecular weight is 431 g/mol. The molecule has 0 amide bonds. The Hall–Kier alpha value is -3.12. The van der Waals surface area contributed by atoms with Crippen molar-refractivity contribution in [2.75, 3.05) is 6.61 Å². The summed E-state index contributed by atoms with van der Waals surface area (Å²) in [6.45, 7) is 1.29. The van der Waals surface area contributed by atoms with E-state index in [1.165, 1.54) is 0 Å². The summed E-state index contributed by atoms with van der Waals surface area (Å²) in [6.07, 6.45) is 0.147. The fourth-order valence-corrected chi connectivity index (χ4v) is 3.89. The van der Waals surface area contributed by atoms with E-state index < -0.39 is 12.4 Å². The molecule has 2 aliphatic rings. The molecule has 0 aliphatic carbocycles. The normalized spacial score (nSPS) is 24.7. The maximum atomic E-state index is 6.37. The molecule has 1 fully saturated rings. The summed E-state index contributed by atoms with van der Waals surface area (Å²) in [7, 11) is 0. The van der Waals surface area contributed by atoms with Crippen molar-refractivity contribution in [3.63, 3.8) is 0 Å². The van der Waals surface area contributed by atoms with Gasteiger partial charge in [-0.15, -0.1) is 0 Å². The fraction of sp³-hybridized carbons (Fsp3) is 0.259. The molecule has 1 saturated heterocycles. The first-order valence-corrected chi connectivity index (χ1v) is 10.9. The summed E-state index contributed by atoms with van der Waals surface area (Å²) in [6, 6.07) is 30.1. The molecule has 0 N–H and O–H groups in total. The predicted octanol–water partition coefficient (Wildman–Crippen LogP) is 5.14. The second kappa shape index (κ2) is 10.0. The predicted molar refractivity (Wildman–Crippen MR) is 119 cm³/mol. The van der Waals surface area contributed by atoms with Crippen molar-refractivity contribution in [2.45, 2.75) is 37.8 Å². The van der Waals surface area contributed by atoms with Crippen LogP contribution in [0.1, 0.15) is 23.0 Å². The zero-order valence-electron chi connectivity index (χ0n) is 17.7. The van der Waals surface area contributed by atoms with Crippen LogP contribution >= 0.6 is 0 Å². The lowest BCUT2D eigenvalue weighted by molar-refractivity contribution is -0.288. The SMILES string of the molecule is C1=C(OCc2ccccc2)[C@@H](OCc2ccccc2)[C@@H]2OC(c3ccccc3)OC[C@H]2O1. The average Bonchev–Trinajstić information content (AvgIpc) is 2.88. The van der Waals surface area contributed by atoms with E-state index >= 15 is 0 Å². The monoisotopic (exact) mass is 430 g/mol. The molecule has 5 rings (SSSR count). The summed E-state index contributed by atoms with van der Waals surface area (Å²) in [4.78, 5) is 0. The van der Waals surface area contributed by atoms with E-state index in [9.17, 15) is 0 Å². The Labute approximate surface area is 188 Å². The lowest BCUT2D eigenvalue weighted by Gasteiger charge is -2.42. The van der Waals surface area contributed by atoms with Gasteiger partial charge in [0.15, 0.2) is 18.2 Å². The molecule has 32 heavy (non-hydrogen) atoms. The summed E-state index contributed by atoms with van der Waals surface area (Å²) < 4.78 is 30.8. The zero-order chi connectivity index (χ0) is 21.6. The molecular formula is C27H26O5. The molecule has 3 aromatic carbocycles. The Bertz CT molecular complexity index is 1010. The second-order valence-electron chi connectivity index (χ2n) is 7.86. The summed E-state index contributed by atoms with van der Waals surface area (Å²) in [5.74, 6) is 0.625. The van der Waals surface area contributed by atoms with Gasteiger partial charge < -0.3 is 23.7 Å². The van der Waals surface area contributed by atoms with Gasteiger partial charge in [-0.05, 0) is 11.1 Å². The molecule has 1 unspecified atom stereocenters. The quantitative estimate of drug-likeness (QED) is 0.519. The minimum Gasteiger partial charge on any atom is -0.489 e. The molecule has 2 aliphatic heterocycles. The fourth-order valence-electron chi connectivity index (χ4n) is 3.89. The Morgan fingerprint density at radius 3 is 2.06 bits per heavy atom. The molecule has 164 valence electrons. The van der Waals surface area contributed by atoms with Gasteiger partial charge in [-0.1, -0.05) is 91.0 Å². The van der Waals surface area contributed by atoms with Crippen molar-refractivity contribution >= 4 is 0 Å². The van der Waals surface area contributed by atoms with E-state index in [0.29, 0.717) is 25.6 Å². The van der Waals surface area contributed by atoms with Crippen LogP contribution in [-0.4, -0.2) is 24.9 Å². The van der Waals surface area contributed by atoms with Gasteiger partial charge in [0.25, 0.3) is 0 Å². The molecule has 3 aromatic rings. The van der Waals surface area contributed by atoms with Crippen molar-refractivity contribution in [1.82, 2.24) is 0 Å². The maximum absolute atomic E-state index is 6.37. The van der Waals surface area contributed by atoms with E-state index in [0.717, 1.165) is 16.7 Å². The van der Waals surface area contributed by atoms with Crippen LogP contribution in [0.4, 0.5) is 0 Å². The lowest BCUT2D eigenvalue weighted by Crippen LogP contribution is -2.52. The number of hydrogen-bond donors (Lipinski definition) is 0. The first-order valence-electron chi connectivity index (χ1n) is 10.9. The van der Waals surface area contributed by atoms with Crippen LogP contribution < -0.4 is 0 Å². The molecular weight excluding hydrogens is 404 g/mol. The highest BCUT2D eigenvalue weighted by Crippen LogP contribution is 2.35. The molecule has 0 radical (unpaired) electrons. The van der Waals surface area contributed by atoms with Crippen molar-refractivity contribution < 1.29 is 23.7 Å². The summed E-state index contributed by atoms with van der Waals surface area (Å²) >= 11 is 0. The van der Waals surface area contributed by atoms with Crippen LogP contribution in [-0.2, 0) is 36.9 Å². The van der Waals surface area contributed by atoms with Crippen molar-refractivity contribution in [3.8, 4) is 0 Å². The Balaban J connectivity index is 1.35.